The summed E-state index contributed by atoms with van der Waals surface area (Å²) < 4.78 is 0. The summed E-state index contributed by atoms with van der Waals surface area (Å²) in [4.78, 5) is 0. The van der Waals surface area contributed by atoms with Gasteiger partial charge in [-0.3, -0.25) is 0 Å². The molecule has 2 unspecified atom stereocenters. The topological polar surface area (TPSA) is 0 Å². The Morgan fingerprint density at radius 1 is 1.15 bits per heavy atom. The van der Waals surface area contributed by atoms with Crippen molar-refractivity contribution in [3.63, 3.8) is 0 Å². The van der Waals surface area contributed by atoms with Gasteiger partial charge in [-0.15, -0.1) is 0 Å². The van der Waals surface area contributed by atoms with Gasteiger partial charge < -0.3 is 0 Å². The number of fused-ring (bicyclic) bond motifs is 1. The van der Waals surface area contributed by atoms with E-state index in [0.717, 1.165) is 11.8 Å². The van der Waals surface area contributed by atoms with Crippen LogP contribution >= 0.6 is 0 Å². The van der Waals surface area contributed by atoms with Crippen molar-refractivity contribution in [2.45, 2.75) is 52.4 Å². The minimum Gasteiger partial charge on any atom is -0.0877 e. The van der Waals surface area contributed by atoms with E-state index in [1.807, 2.05) is 0 Å². The fourth-order valence-corrected chi connectivity index (χ4v) is 3.10. The van der Waals surface area contributed by atoms with Gasteiger partial charge in [-0.2, -0.15) is 0 Å². The number of hydrogen-bond acceptors (Lipinski definition) is 0. The average molecular weight is 178 g/mol. The molecule has 1 saturated carbocycles. The molecule has 0 aromatic rings. The highest BCUT2D eigenvalue weighted by Crippen LogP contribution is 2.42. The molecule has 0 aromatic heterocycles. The van der Waals surface area contributed by atoms with E-state index in [1.165, 1.54) is 38.5 Å². The van der Waals surface area contributed by atoms with Crippen LogP contribution in [-0.2, 0) is 0 Å². The number of hydrogen-bond donors (Lipinski definition) is 0. The Labute approximate surface area is 82.4 Å². The lowest BCUT2D eigenvalue weighted by Crippen LogP contribution is -2.22. The van der Waals surface area contributed by atoms with Crippen LogP contribution in [0.4, 0.5) is 0 Å². The third-order valence-corrected chi connectivity index (χ3v) is 3.84. The van der Waals surface area contributed by atoms with E-state index >= 15 is 0 Å². The predicted octanol–water partition coefficient (Wildman–Crippen LogP) is 4.17. The van der Waals surface area contributed by atoms with Crippen LogP contribution in [0.25, 0.3) is 0 Å². The van der Waals surface area contributed by atoms with Gasteiger partial charge in [-0.25, -0.2) is 0 Å². The molecule has 0 radical (unpaired) electrons. The van der Waals surface area contributed by atoms with Crippen LogP contribution < -0.4 is 0 Å². The van der Waals surface area contributed by atoms with Gasteiger partial charge in [-0.1, -0.05) is 38.8 Å². The summed E-state index contributed by atoms with van der Waals surface area (Å²) in [6.45, 7) is 4.85. The van der Waals surface area contributed by atoms with Gasteiger partial charge in [0.1, 0.15) is 0 Å². The van der Waals surface area contributed by atoms with Crippen LogP contribution in [0.15, 0.2) is 12.2 Å². The van der Waals surface area contributed by atoms with Crippen molar-refractivity contribution in [3.8, 4) is 0 Å². The lowest BCUT2D eigenvalue weighted by atomic mass is 9.72. The molecule has 0 amide bonds. The molecule has 0 bridgehead atoms. The first kappa shape index (κ1) is 9.30. The van der Waals surface area contributed by atoms with Crippen molar-refractivity contribution in [2.24, 2.45) is 17.3 Å². The Balaban J connectivity index is 2.09. The largest absolute Gasteiger partial charge is 0.0877 e. The van der Waals surface area contributed by atoms with Crippen LogP contribution in [0.2, 0.25) is 0 Å². The molecule has 0 saturated heterocycles. The van der Waals surface area contributed by atoms with Gasteiger partial charge in [0.05, 0.1) is 0 Å². The van der Waals surface area contributed by atoms with E-state index in [0.29, 0.717) is 5.41 Å². The minimum absolute atomic E-state index is 0.563. The molecular formula is C13H22. The van der Waals surface area contributed by atoms with Crippen LogP contribution in [0.3, 0.4) is 0 Å². The third-order valence-electron chi connectivity index (χ3n) is 3.84. The van der Waals surface area contributed by atoms with Gasteiger partial charge in [0.15, 0.2) is 0 Å². The highest BCUT2D eigenvalue weighted by Gasteiger charge is 2.30. The van der Waals surface area contributed by atoms with Crippen LogP contribution in [0.5, 0.6) is 0 Å². The molecule has 0 aromatic carbocycles. The molecule has 2 atom stereocenters. The zero-order valence-electron chi connectivity index (χ0n) is 9.05. The van der Waals surface area contributed by atoms with Gasteiger partial charge >= 0.3 is 0 Å². The van der Waals surface area contributed by atoms with Crippen molar-refractivity contribution in [1.82, 2.24) is 0 Å². The zero-order chi connectivity index (χ0) is 9.31. The van der Waals surface area contributed by atoms with Crippen molar-refractivity contribution >= 4 is 0 Å². The summed E-state index contributed by atoms with van der Waals surface area (Å²) in [6.07, 6.45) is 13.6. The Bertz CT molecular complexity index is 200. The summed E-state index contributed by atoms with van der Waals surface area (Å²) in [5, 5.41) is 0. The van der Waals surface area contributed by atoms with Crippen LogP contribution in [-0.4, -0.2) is 0 Å². The minimum atomic E-state index is 0.563. The standard InChI is InChI=1S/C13H22/c1-13(2)9-5-8-11-6-3-4-7-12(11)10-13/h5,8,11-12H,3-4,6-7,9-10H2,1-2H3. The van der Waals surface area contributed by atoms with E-state index in [9.17, 15) is 0 Å². The maximum atomic E-state index is 2.51. The second-order valence-electron chi connectivity index (χ2n) is 5.71. The van der Waals surface area contributed by atoms with E-state index in [4.69, 9.17) is 0 Å². The Morgan fingerprint density at radius 3 is 2.77 bits per heavy atom. The zero-order valence-corrected chi connectivity index (χ0v) is 9.05. The molecule has 0 N–H and O–H groups in total. The Kier molecular flexibility index (Phi) is 2.49. The second-order valence-corrected chi connectivity index (χ2v) is 5.71. The quantitative estimate of drug-likeness (QED) is 0.488. The second kappa shape index (κ2) is 3.48. The normalized spacial score (nSPS) is 38.0. The highest BCUT2D eigenvalue weighted by atomic mass is 14.4. The summed E-state index contributed by atoms with van der Waals surface area (Å²) in [6, 6.07) is 0. The lowest BCUT2D eigenvalue weighted by molar-refractivity contribution is 0.195. The Morgan fingerprint density at radius 2 is 1.92 bits per heavy atom. The monoisotopic (exact) mass is 178 g/mol. The highest BCUT2D eigenvalue weighted by molar-refractivity contribution is 5.00. The molecule has 13 heavy (non-hydrogen) atoms. The van der Waals surface area contributed by atoms with Crippen molar-refractivity contribution in [1.29, 1.82) is 0 Å². The molecule has 0 aliphatic heterocycles. The van der Waals surface area contributed by atoms with Crippen LogP contribution in [0.1, 0.15) is 52.4 Å². The molecule has 1 fully saturated rings. The molecule has 74 valence electrons. The number of rotatable bonds is 0. The third kappa shape index (κ3) is 2.15. The molecule has 0 nitrogen and oxygen atoms in total. The van der Waals surface area contributed by atoms with E-state index in [2.05, 4.69) is 26.0 Å². The summed E-state index contributed by atoms with van der Waals surface area (Å²) in [7, 11) is 0. The smallest absolute Gasteiger partial charge is 0.0205 e. The molecular weight excluding hydrogens is 156 g/mol. The maximum Gasteiger partial charge on any atom is -0.0205 e. The van der Waals surface area contributed by atoms with Gasteiger partial charge in [-0.05, 0) is 42.9 Å². The molecule has 2 aliphatic rings. The predicted molar refractivity (Wildman–Crippen MR) is 57.6 cm³/mol. The van der Waals surface area contributed by atoms with E-state index < -0.39 is 0 Å². The van der Waals surface area contributed by atoms with Crippen molar-refractivity contribution in [3.05, 3.63) is 12.2 Å². The summed E-state index contributed by atoms with van der Waals surface area (Å²) in [5.41, 5.74) is 0.563. The number of allylic oxidation sites excluding steroid dienone is 2. The van der Waals surface area contributed by atoms with Gasteiger partial charge in [0, 0.05) is 0 Å². The molecule has 2 rings (SSSR count). The van der Waals surface area contributed by atoms with Crippen LogP contribution in [0, 0.1) is 17.3 Å². The average Bonchev–Trinajstić information content (AvgIpc) is 2.21. The van der Waals surface area contributed by atoms with Crippen molar-refractivity contribution < 1.29 is 0 Å². The Hall–Kier alpha value is -0.260. The fraction of sp³-hybridized carbons (Fsp3) is 0.846. The van der Waals surface area contributed by atoms with Crippen molar-refractivity contribution in [2.75, 3.05) is 0 Å². The lowest BCUT2D eigenvalue weighted by Gasteiger charge is -2.33. The summed E-state index contributed by atoms with van der Waals surface area (Å²) >= 11 is 0. The van der Waals surface area contributed by atoms with E-state index in [-0.39, 0.29) is 0 Å². The fourth-order valence-electron chi connectivity index (χ4n) is 3.10. The SMILES string of the molecule is CC1(C)CC=CC2CCCCC2C1. The first-order valence-corrected chi connectivity index (χ1v) is 5.84. The molecule has 2 aliphatic carbocycles. The molecule has 0 heteroatoms. The first-order chi connectivity index (χ1) is 6.17. The van der Waals surface area contributed by atoms with E-state index in [1.54, 1.807) is 0 Å². The summed E-state index contributed by atoms with van der Waals surface area (Å²) in [5.74, 6) is 1.93. The first-order valence-electron chi connectivity index (χ1n) is 5.84. The molecule has 0 spiro atoms. The maximum absolute atomic E-state index is 2.51. The van der Waals surface area contributed by atoms with Gasteiger partial charge in [0.2, 0.25) is 0 Å². The molecule has 0 heterocycles. The van der Waals surface area contributed by atoms with Gasteiger partial charge in [0.25, 0.3) is 0 Å².